The van der Waals surface area contributed by atoms with E-state index in [0.717, 1.165) is 30.2 Å². The van der Waals surface area contributed by atoms with Gasteiger partial charge in [0.2, 0.25) is 0 Å². The van der Waals surface area contributed by atoms with Crippen molar-refractivity contribution >= 4 is 5.97 Å². The van der Waals surface area contributed by atoms with Gasteiger partial charge in [0.25, 0.3) is 0 Å². The number of aliphatic carboxylic acids is 1. The van der Waals surface area contributed by atoms with Crippen molar-refractivity contribution in [2.45, 2.75) is 25.9 Å². The van der Waals surface area contributed by atoms with Crippen molar-refractivity contribution in [2.75, 3.05) is 6.61 Å². The summed E-state index contributed by atoms with van der Waals surface area (Å²) in [5.74, 6) is -1.22. The van der Waals surface area contributed by atoms with E-state index < -0.39 is 24.1 Å². The molecule has 1 aromatic carbocycles. The first kappa shape index (κ1) is 17.8. The van der Waals surface area contributed by atoms with E-state index >= 15 is 0 Å². The number of benzene rings is 1. The van der Waals surface area contributed by atoms with Crippen LogP contribution in [0.4, 0.5) is 13.2 Å². The fourth-order valence-electron chi connectivity index (χ4n) is 1.80. The molecular weight excluding hydrogens is 297 g/mol. The summed E-state index contributed by atoms with van der Waals surface area (Å²) >= 11 is 0. The average Bonchev–Trinajstić information content (AvgIpc) is 2.42. The third-order valence-electron chi connectivity index (χ3n) is 2.86. The second-order valence-electron chi connectivity index (χ2n) is 4.57. The smallest absolute Gasteiger partial charge is 0.416 e. The molecule has 0 unspecified atom stereocenters. The number of hydrogen-bond acceptors (Lipinski definition) is 2. The second kappa shape index (κ2) is 7.68. The summed E-state index contributed by atoms with van der Waals surface area (Å²) in [5, 5.41) is 8.82. The van der Waals surface area contributed by atoms with E-state index in [-0.39, 0.29) is 17.9 Å². The van der Waals surface area contributed by atoms with Crippen LogP contribution in [0.5, 0.6) is 5.75 Å². The maximum Gasteiger partial charge on any atom is 0.416 e. The van der Waals surface area contributed by atoms with Gasteiger partial charge in [0.15, 0.2) is 0 Å². The van der Waals surface area contributed by atoms with Crippen LogP contribution in [0.15, 0.2) is 42.5 Å². The Labute approximate surface area is 126 Å². The first-order valence-electron chi connectivity index (χ1n) is 6.64. The molecule has 6 heteroatoms. The zero-order valence-corrected chi connectivity index (χ0v) is 12.1. The van der Waals surface area contributed by atoms with Crippen LogP contribution in [0.3, 0.4) is 0 Å². The van der Waals surface area contributed by atoms with Crippen molar-refractivity contribution in [3.8, 4) is 5.75 Å². The summed E-state index contributed by atoms with van der Waals surface area (Å²) in [6.45, 7) is 5.54. The van der Waals surface area contributed by atoms with E-state index in [9.17, 15) is 18.0 Å². The van der Waals surface area contributed by atoms with Gasteiger partial charge < -0.3 is 9.84 Å². The minimum atomic E-state index is -4.51. The van der Waals surface area contributed by atoms with E-state index in [1.165, 1.54) is 0 Å². The summed E-state index contributed by atoms with van der Waals surface area (Å²) < 4.78 is 43.6. The fourth-order valence-corrected chi connectivity index (χ4v) is 1.80. The van der Waals surface area contributed by atoms with Crippen molar-refractivity contribution in [3.05, 3.63) is 53.6 Å². The molecule has 0 aliphatic carbocycles. The van der Waals surface area contributed by atoms with Gasteiger partial charge in [-0.2, -0.15) is 13.2 Å². The fraction of sp³-hybridized carbons (Fsp3) is 0.312. The van der Waals surface area contributed by atoms with Gasteiger partial charge in [-0.3, -0.25) is 4.79 Å². The molecule has 0 amide bonds. The Morgan fingerprint density at radius 1 is 1.41 bits per heavy atom. The van der Waals surface area contributed by atoms with Gasteiger partial charge in [-0.1, -0.05) is 31.7 Å². The molecule has 0 saturated heterocycles. The molecule has 120 valence electrons. The highest BCUT2D eigenvalue weighted by Gasteiger charge is 2.31. The molecule has 1 rings (SSSR count). The minimum absolute atomic E-state index is 0.0330. The number of halogens is 3. The number of rotatable bonds is 7. The van der Waals surface area contributed by atoms with Gasteiger partial charge in [0.05, 0.1) is 12.0 Å². The average molecular weight is 314 g/mol. The highest BCUT2D eigenvalue weighted by atomic mass is 19.4. The predicted molar refractivity (Wildman–Crippen MR) is 76.8 cm³/mol. The molecule has 0 atom stereocenters. The molecule has 3 nitrogen and oxygen atoms in total. The van der Waals surface area contributed by atoms with Crippen LogP contribution in [0.2, 0.25) is 0 Å². The predicted octanol–water partition coefficient (Wildman–Crippen LogP) is 4.23. The van der Waals surface area contributed by atoms with Crippen LogP contribution < -0.4 is 4.74 Å². The van der Waals surface area contributed by atoms with Gasteiger partial charge in [0, 0.05) is 5.56 Å². The van der Waals surface area contributed by atoms with Gasteiger partial charge in [-0.15, -0.1) is 0 Å². The molecule has 0 aliphatic rings. The molecule has 0 saturated carbocycles. The first-order valence-corrected chi connectivity index (χ1v) is 6.64. The van der Waals surface area contributed by atoms with Gasteiger partial charge in [-0.05, 0) is 24.1 Å². The summed E-state index contributed by atoms with van der Waals surface area (Å²) in [7, 11) is 0. The lowest BCUT2D eigenvalue weighted by atomic mass is 10.1. The molecule has 0 aliphatic heterocycles. The number of alkyl halides is 3. The molecule has 0 bridgehead atoms. The maximum absolute atomic E-state index is 12.7. The zero-order chi connectivity index (χ0) is 16.8. The molecule has 1 N–H and O–H groups in total. The highest BCUT2D eigenvalue weighted by Crippen LogP contribution is 2.33. The summed E-state index contributed by atoms with van der Waals surface area (Å²) in [4.78, 5) is 10.8. The van der Waals surface area contributed by atoms with E-state index in [1.54, 1.807) is 6.08 Å². The molecule has 0 heterocycles. The van der Waals surface area contributed by atoms with Crippen LogP contribution in [0.1, 0.15) is 24.5 Å². The maximum atomic E-state index is 12.7. The summed E-state index contributed by atoms with van der Waals surface area (Å²) in [6.07, 6.45) is -0.810. The molecule has 0 spiro atoms. The molecule has 22 heavy (non-hydrogen) atoms. The molecule has 1 aromatic rings. The Bertz CT molecular complexity index is 574. The number of carbonyl (C=O) groups is 1. The molecule has 0 radical (unpaired) electrons. The van der Waals surface area contributed by atoms with Crippen molar-refractivity contribution in [1.82, 2.24) is 0 Å². The molecular formula is C16H17F3O3. The summed E-state index contributed by atoms with van der Waals surface area (Å²) in [5.41, 5.74) is 0.0397. The highest BCUT2D eigenvalue weighted by molar-refractivity contribution is 5.71. The first-order chi connectivity index (χ1) is 10.3. The minimum Gasteiger partial charge on any atom is -0.489 e. The second-order valence-corrected chi connectivity index (χ2v) is 4.57. The largest absolute Gasteiger partial charge is 0.489 e. The Hall–Kier alpha value is -2.24. The molecule has 0 aromatic heterocycles. The van der Waals surface area contributed by atoms with E-state index in [0.29, 0.717) is 0 Å². The lowest BCUT2D eigenvalue weighted by Crippen LogP contribution is -2.10. The zero-order valence-electron chi connectivity index (χ0n) is 12.1. The topological polar surface area (TPSA) is 46.5 Å². The monoisotopic (exact) mass is 314 g/mol. The SMILES string of the molecule is C=C/C(=C\CC)COc1cc(C(F)(F)F)ccc1CC(=O)O. The van der Waals surface area contributed by atoms with Crippen LogP contribution in [-0.4, -0.2) is 17.7 Å². The number of ether oxygens (including phenoxy) is 1. The molecule has 0 fully saturated rings. The van der Waals surface area contributed by atoms with Crippen molar-refractivity contribution in [3.63, 3.8) is 0 Å². The quantitative estimate of drug-likeness (QED) is 0.766. The third kappa shape index (κ3) is 5.27. The van der Waals surface area contributed by atoms with E-state index in [2.05, 4.69) is 6.58 Å². The number of carboxylic acid groups (broad SMARTS) is 1. The Balaban J connectivity index is 3.08. The van der Waals surface area contributed by atoms with Crippen LogP contribution in [0, 0.1) is 0 Å². The van der Waals surface area contributed by atoms with E-state index in [4.69, 9.17) is 9.84 Å². The third-order valence-corrected chi connectivity index (χ3v) is 2.86. The van der Waals surface area contributed by atoms with Gasteiger partial charge in [-0.25, -0.2) is 0 Å². The Morgan fingerprint density at radius 3 is 2.59 bits per heavy atom. The Kier molecular flexibility index (Phi) is 6.22. The lowest BCUT2D eigenvalue weighted by Gasteiger charge is -2.14. The summed E-state index contributed by atoms with van der Waals surface area (Å²) in [6, 6.07) is 2.80. The van der Waals surface area contributed by atoms with Gasteiger partial charge in [0.1, 0.15) is 12.4 Å². The number of allylic oxidation sites excluding steroid dienone is 1. The van der Waals surface area contributed by atoms with Crippen LogP contribution in [-0.2, 0) is 17.4 Å². The number of carboxylic acids is 1. The van der Waals surface area contributed by atoms with Gasteiger partial charge >= 0.3 is 12.1 Å². The normalized spacial score (nSPS) is 12.1. The van der Waals surface area contributed by atoms with Crippen molar-refractivity contribution in [2.24, 2.45) is 0 Å². The van der Waals surface area contributed by atoms with Crippen molar-refractivity contribution in [1.29, 1.82) is 0 Å². The van der Waals surface area contributed by atoms with Crippen LogP contribution in [0.25, 0.3) is 0 Å². The van der Waals surface area contributed by atoms with Crippen LogP contribution >= 0.6 is 0 Å². The standard InChI is InChI=1S/C16H17F3O3/c1-3-5-11(4-2)10-22-14-9-13(16(17,18)19)7-6-12(14)8-15(20)21/h4-7,9H,2-3,8,10H2,1H3,(H,20,21)/b11-5+. The van der Waals surface area contributed by atoms with Crippen molar-refractivity contribution < 1.29 is 27.8 Å². The van der Waals surface area contributed by atoms with E-state index in [1.807, 2.05) is 13.0 Å². The lowest BCUT2D eigenvalue weighted by molar-refractivity contribution is -0.137. The number of hydrogen-bond donors (Lipinski definition) is 1. The Morgan fingerprint density at radius 2 is 2.09 bits per heavy atom.